The molecule has 1 aromatic rings. The topological polar surface area (TPSA) is 58.4 Å². The van der Waals surface area contributed by atoms with Gasteiger partial charge in [-0.1, -0.05) is 6.92 Å². The third-order valence-corrected chi connectivity index (χ3v) is 4.27. The minimum Gasteiger partial charge on any atom is -0.397 e. The van der Waals surface area contributed by atoms with Crippen molar-refractivity contribution in [1.29, 1.82) is 0 Å². The van der Waals surface area contributed by atoms with Crippen molar-refractivity contribution >= 4 is 27.9 Å². The van der Waals surface area contributed by atoms with E-state index in [1.165, 1.54) is 29.7 Å². The lowest BCUT2D eigenvalue weighted by Gasteiger charge is -2.08. The Morgan fingerprint density at radius 3 is 2.67 bits per heavy atom. The number of amides is 1. The molecule has 1 aliphatic rings. The zero-order valence-corrected chi connectivity index (χ0v) is 12.1. The summed E-state index contributed by atoms with van der Waals surface area (Å²) in [4.78, 5) is 14.3. The highest BCUT2D eigenvalue weighted by Crippen LogP contribution is 2.50. The fraction of sp³-hybridized carbons (Fsp3) is 0.615. The largest absolute Gasteiger partial charge is 0.397 e. The Morgan fingerprint density at radius 2 is 2.17 bits per heavy atom. The quantitative estimate of drug-likeness (QED) is 0.862. The Balaban J connectivity index is 2.34. The van der Waals surface area contributed by atoms with Crippen LogP contribution in [0.2, 0.25) is 0 Å². The van der Waals surface area contributed by atoms with Crippen molar-refractivity contribution < 1.29 is 4.79 Å². The van der Waals surface area contributed by atoms with Crippen molar-refractivity contribution in [3.05, 3.63) is 10.4 Å². The molecule has 0 spiro atoms. The second-order valence-corrected chi connectivity index (χ2v) is 6.01. The Hall–Kier alpha value is -1.23. The molecule has 1 fully saturated rings. The number of nitrogens with zero attached hydrogens (tertiary/aromatic N) is 1. The number of nitrogens with two attached hydrogens (primary N) is 1. The van der Waals surface area contributed by atoms with Gasteiger partial charge in [-0.15, -0.1) is 11.3 Å². The smallest absolute Gasteiger partial charge is 0.265 e. The lowest BCUT2D eigenvalue weighted by atomic mass is 10.1. The molecule has 4 nitrogen and oxygen atoms in total. The van der Waals surface area contributed by atoms with Crippen molar-refractivity contribution in [2.45, 2.75) is 32.1 Å². The molecule has 1 aliphatic carbocycles. The fourth-order valence-electron chi connectivity index (χ4n) is 1.97. The van der Waals surface area contributed by atoms with Crippen LogP contribution in [0, 0.1) is 0 Å². The standard InChI is InChI=1S/C13H21N3OS/c1-4-7-15-12-9(8-5-6-8)10(14)11(18-12)13(17)16(2)3/h8,15H,4-7,14H2,1-3H3. The summed E-state index contributed by atoms with van der Waals surface area (Å²) < 4.78 is 0. The lowest BCUT2D eigenvalue weighted by Crippen LogP contribution is -2.21. The summed E-state index contributed by atoms with van der Waals surface area (Å²) in [7, 11) is 3.52. The number of anilines is 2. The first-order valence-electron chi connectivity index (χ1n) is 6.43. The van der Waals surface area contributed by atoms with Gasteiger partial charge in [-0.05, 0) is 25.2 Å². The summed E-state index contributed by atoms with van der Waals surface area (Å²) in [5.74, 6) is 0.563. The average molecular weight is 267 g/mol. The first-order chi connectivity index (χ1) is 8.56. The molecule has 0 unspecified atom stereocenters. The van der Waals surface area contributed by atoms with E-state index in [-0.39, 0.29) is 5.91 Å². The molecule has 1 amide bonds. The predicted octanol–water partition coefficient (Wildman–Crippen LogP) is 2.73. The number of hydrogen-bond acceptors (Lipinski definition) is 4. The third kappa shape index (κ3) is 2.46. The van der Waals surface area contributed by atoms with Crippen LogP contribution >= 0.6 is 11.3 Å². The van der Waals surface area contributed by atoms with E-state index in [2.05, 4.69) is 12.2 Å². The summed E-state index contributed by atoms with van der Waals surface area (Å²) in [6, 6.07) is 0. The van der Waals surface area contributed by atoms with Crippen LogP contribution in [0.1, 0.15) is 47.3 Å². The van der Waals surface area contributed by atoms with Gasteiger partial charge in [0.05, 0.1) is 10.7 Å². The monoisotopic (exact) mass is 267 g/mol. The lowest BCUT2D eigenvalue weighted by molar-refractivity contribution is 0.0833. The molecule has 2 rings (SSSR count). The van der Waals surface area contributed by atoms with Crippen molar-refractivity contribution in [1.82, 2.24) is 4.90 Å². The SMILES string of the molecule is CCCNc1sc(C(=O)N(C)C)c(N)c1C1CC1. The van der Waals surface area contributed by atoms with E-state index in [0.29, 0.717) is 16.5 Å². The van der Waals surface area contributed by atoms with Gasteiger partial charge in [0.2, 0.25) is 0 Å². The summed E-state index contributed by atoms with van der Waals surface area (Å²) in [5, 5.41) is 4.51. The van der Waals surface area contributed by atoms with E-state index in [1.807, 2.05) is 0 Å². The number of nitrogens with one attached hydrogen (secondary N) is 1. The number of hydrogen-bond donors (Lipinski definition) is 2. The molecule has 1 aromatic heterocycles. The van der Waals surface area contributed by atoms with Gasteiger partial charge >= 0.3 is 0 Å². The molecule has 5 heteroatoms. The van der Waals surface area contributed by atoms with Crippen LogP contribution in [0.5, 0.6) is 0 Å². The van der Waals surface area contributed by atoms with Gasteiger partial charge in [0, 0.05) is 26.2 Å². The normalized spacial score (nSPS) is 14.6. The highest BCUT2D eigenvalue weighted by Gasteiger charge is 2.33. The van der Waals surface area contributed by atoms with Crippen LogP contribution in [0.25, 0.3) is 0 Å². The van der Waals surface area contributed by atoms with E-state index < -0.39 is 0 Å². The highest BCUT2D eigenvalue weighted by atomic mass is 32.1. The molecule has 1 saturated carbocycles. The molecule has 18 heavy (non-hydrogen) atoms. The Labute approximate surface area is 112 Å². The molecular formula is C13H21N3OS. The first-order valence-corrected chi connectivity index (χ1v) is 7.25. The maximum Gasteiger partial charge on any atom is 0.265 e. The molecule has 0 aliphatic heterocycles. The van der Waals surface area contributed by atoms with Crippen LogP contribution in [0.3, 0.4) is 0 Å². The summed E-state index contributed by atoms with van der Waals surface area (Å²) in [6.45, 7) is 3.06. The molecule has 0 aromatic carbocycles. The van der Waals surface area contributed by atoms with Crippen molar-refractivity contribution in [3.8, 4) is 0 Å². The predicted molar refractivity (Wildman–Crippen MR) is 77.5 cm³/mol. The second-order valence-electron chi connectivity index (χ2n) is 4.99. The third-order valence-electron chi connectivity index (χ3n) is 3.11. The van der Waals surface area contributed by atoms with Gasteiger partial charge in [-0.25, -0.2) is 0 Å². The molecule has 1 heterocycles. The number of carbonyl (C=O) groups excluding carboxylic acids is 1. The van der Waals surface area contributed by atoms with Crippen LogP contribution in [0.4, 0.5) is 10.7 Å². The molecule has 0 atom stereocenters. The molecule has 3 N–H and O–H groups in total. The summed E-state index contributed by atoms with van der Waals surface area (Å²) >= 11 is 1.50. The van der Waals surface area contributed by atoms with E-state index in [0.717, 1.165) is 18.0 Å². The maximum atomic E-state index is 12.1. The van der Waals surface area contributed by atoms with Crippen molar-refractivity contribution in [2.24, 2.45) is 0 Å². The minimum absolute atomic E-state index is 0.00366. The van der Waals surface area contributed by atoms with Crippen molar-refractivity contribution in [2.75, 3.05) is 31.7 Å². The first kappa shape index (κ1) is 13.2. The van der Waals surface area contributed by atoms with Crippen LogP contribution in [0.15, 0.2) is 0 Å². The summed E-state index contributed by atoms with van der Waals surface area (Å²) in [6.07, 6.45) is 3.45. The number of rotatable bonds is 5. The van der Waals surface area contributed by atoms with E-state index in [1.54, 1.807) is 19.0 Å². The Bertz CT molecular complexity index is 449. The average Bonchev–Trinajstić information content (AvgIpc) is 3.10. The van der Waals surface area contributed by atoms with Gasteiger partial charge < -0.3 is 16.0 Å². The number of thiophene rings is 1. The Morgan fingerprint density at radius 1 is 1.50 bits per heavy atom. The van der Waals surface area contributed by atoms with Gasteiger partial charge in [0.25, 0.3) is 5.91 Å². The van der Waals surface area contributed by atoms with Gasteiger partial charge in [0.15, 0.2) is 0 Å². The molecular weight excluding hydrogens is 246 g/mol. The van der Waals surface area contributed by atoms with E-state index >= 15 is 0 Å². The van der Waals surface area contributed by atoms with Gasteiger partial charge in [-0.3, -0.25) is 4.79 Å². The van der Waals surface area contributed by atoms with Gasteiger partial charge in [-0.2, -0.15) is 0 Å². The number of carbonyl (C=O) groups is 1. The van der Waals surface area contributed by atoms with Gasteiger partial charge in [0.1, 0.15) is 4.88 Å². The molecule has 0 saturated heterocycles. The highest BCUT2D eigenvalue weighted by molar-refractivity contribution is 7.18. The zero-order valence-electron chi connectivity index (χ0n) is 11.2. The number of nitrogen functional groups attached to an aromatic ring is 1. The second kappa shape index (κ2) is 5.18. The Kier molecular flexibility index (Phi) is 3.80. The van der Waals surface area contributed by atoms with Crippen LogP contribution in [-0.4, -0.2) is 31.4 Å². The minimum atomic E-state index is 0.00366. The molecule has 100 valence electrons. The zero-order chi connectivity index (χ0) is 13.3. The maximum absolute atomic E-state index is 12.1. The summed E-state index contributed by atoms with van der Waals surface area (Å²) in [5.41, 5.74) is 8.05. The van der Waals surface area contributed by atoms with Crippen LogP contribution < -0.4 is 11.1 Å². The fourth-order valence-corrected chi connectivity index (χ4v) is 3.22. The van der Waals surface area contributed by atoms with Crippen molar-refractivity contribution in [3.63, 3.8) is 0 Å². The van der Waals surface area contributed by atoms with Crippen LogP contribution in [-0.2, 0) is 0 Å². The molecule has 0 radical (unpaired) electrons. The van der Waals surface area contributed by atoms with E-state index in [9.17, 15) is 4.79 Å². The van der Waals surface area contributed by atoms with E-state index in [4.69, 9.17) is 5.73 Å². The molecule has 0 bridgehead atoms.